The van der Waals surface area contributed by atoms with Crippen molar-refractivity contribution in [1.82, 2.24) is 15.5 Å². The molecular weight excluding hydrogens is 262 g/mol. The number of hydrogen-bond donors (Lipinski definition) is 2. The van der Waals surface area contributed by atoms with Crippen molar-refractivity contribution in [3.63, 3.8) is 0 Å². The zero-order valence-electron chi connectivity index (χ0n) is 13.2. The first-order chi connectivity index (χ1) is 10.3. The van der Waals surface area contributed by atoms with E-state index in [1.165, 1.54) is 23.1 Å². The van der Waals surface area contributed by atoms with Gasteiger partial charge in [0.05, 0.1) is 7.11 Å². The molecule has 2 aliphatic rings. The summed E-state index contributed by atoms with van der Waals surface area (Å²) < 4.78 is 5.64. The Morgan fingerprint density at radius 2 is 2.05 bits per heavy atom. The molecule has 3 rings (SSSR count). The van der Waals surface area contributed by atoms with Crippen molar-refractivity contribution in [3.05, 3.63) is 28.8 Å². The van der Waals surface area contributed by atoms with Gasteiger partial charge in [-0.2, -0.15) is 0 Å². The molecule has 2 N–H and O–H groups in total. The first-order valence-electron chi connectivity index (χ1n) is 8.15. The Morgan fingerprint density at radius 3 is 2.76 bits per heavy atom. The summed E-state index contributed by atoms with van der Waals surface area (Å²) in [6.07, 6.45) is 2.34. The average molecular weight is 289 g/mol. The summed E-state index contributed by atoms with van der Waals surface area (Å²) in [5.41, 5.74) is 4.25. The van der Waals surface area contributed by atoms with Crippen molar-refractivity contribution in [2.45, 2.75) is 38.9 Å². The Kier molecular flexibility index (Phi) is 4.78. The Morgan fingerprint density at radius 1 is 1.24 bits per heavy atom. The second kappa shape index (κ2) is 6.77. The molecule has 1 unspecified atom stereocenters. The van der Waals surface area contributed by atoms with Crippen molar-refractivity contribution in [3.8, 4) is 5.75 Å². The number of methoxy groups -OCH3 is 1. The maximum atomic E-state index is 5.64. The van der Waals surface area contributed by atoms with E-state index in [2.05, 4.69) is 34.6 Å². The van der Waals surface area contributed by atoms with Gasteiger partial charge in [0.15, 0.2) is 0 Å². The van der Waals surface area contributed by atoms with E-state index in [0.29, 0.717) is 6.04 Å². The number of ether oxygens (including phenoxy) is 1. The van der Waals surface area contributed by atoms with Gasteiger partial charge in [-0.05, 0) is 30.0 Å². The van der Waals surface area contributed by atoms with Crippen LogP contribution in [0, 0.1) is 0 Å². The zero-order valence-corrected chi connectivity index (χ0v) is 13.2. The van der Waals surface area contributed by atoms with Crippen LogP contribution in [0.2, 0.25) is 0 Å². The third-order valence-corrected chi connectivity index (χ3v) is 4.75. The second-order valence-electron chi connectivity index (χ2n) is 6.15. The zero-order chi connectivity index (χ0) is 14.7. The Bertz CT molecular complexity index is 483. The predicted octanol–water partition coefficient (Wildman–Crippen LogP) is 1.52. The number of nitrogens with zero attached hydrogens (tertiary/aromatic N) is 1. The summed E-state index contributed by atoms with van der Waals surface area (Å²) >= 11 is 0. The van der Waals surface area contributed by atoms with E-state index in [1.807, 2.05) is 0 Å². The molecule has 2 heterocycles. The summed E-state index contributed by atoms with van der Waals surface area (Å²) in [5.74, 6) is 1.05. The minimum Gasteiger partial charge on any atom is -0.496 e. The van der Waals surface area contributed by atoms with Crippen LogP contribution in [0.3, 0.4) is 0 Å². The quantitative estimate of drug-likeness (QED) is 0.881. The van der Waals surface area contributed by atoms with Gasteiger partial charge in [-0.25, -0.2) is 0 Å². The van der Waals surface area contributed by atoms with E-state index in [-0.39, 0.29) is 0 Å². The van der Waals surface area contributed by atoms with E-state index in [9.17, 15) is 0 Å². The van der Waals surface area contributed by atoms with Crippen LogP contribution in [0.4, 0.5) is 0 Å². The van der Waals surface area contributed by atoms with Gasteiger partial charge >= 0.3 is 0 Å². The van der Waals surface area contributed by atoms with E-state index in [0.717, 1.165) is 51.4 Å². The Labute approximate surface area is 127 Å². The second-order valence-corrected chi connectivity index (χ2v) is 6.15. The standard InChI is InChI=1S/C17H27N3O/c1-3-16-9-13-8-15(12-20-6-4-18-5-7-20)17(21-2)10-14(13)11-19-16/h8,10,16,18-19H,3-7,9,11-12H2,1-2H3. The predicted molar refractivity (Wildman–Crippen MR) is 85.8 cm³/mol. The Hall–Kier alpha value is -1.10. The molecular formula is C17H27N3O. The molecule has 0 aliphatic carbocycles. The molecule has 4 heteroatoms. The molecule has 0 spiro atoms. The maximum Gasteiger partial charge on any atom is 0.123 e. The van der Waals surface area contributed by atoms with Crippen molar-refractivity contribution >= 4 is 0 Å². The number of piperazine rings is 1. The fraction of sp³-hybridized carbons (Fsp3) is 0.647. The number of fused-ring (bicyclic) bond motifs is 1. The molecule has 0 amide bonds. The molecule has 1 saturated heterocycles. The summed E-state index contributed by atoms with van der Waals surface area (Å²) in [4.78, 5) is 2.51. The molecule has 1 atom stereocenters. The highest BCUT2D eigenvalue weighted by Crippen LogP contribution is 2.28. The molecule has 0 bridgehead atoms. The van der Waals surface area contributed by atoms with Gasteiger partial charge in [-0.1, -0.05) is 13.0 Å². The van der Waals surface area contributed by atoms with Crippen LogP contribution in [0.5, 0.6) is 5.75 Å². The third-order valence-electron chi connectivity index (χ3n) is 4.75. The summed E-state index contributed by atoms with van der Waals surface area (Å²) in [6.45, 7) is 8.66. The minimum atomic E-state index is 0.623. The van der Waals surface area contributed by atoms with Gasteiger partial charge in [-0.3, -0.25) is 4.90 Å². The van der Waals surface area contributed by atoms with E-state index < -0.39 is 0 Å². The van der Waals surface area contributed by atoms with E-state index >= 15 is 0 Å². The van der Waals surface area contributed by atoms with Crippen LogP contribution in [0.15, 0.2) is 12.1 Å². The van der Waals surface area contributed by atoms with Crippen LogP contribution >= 0.6 is 0 Å². The van der Waals surface area contributed by atoms with Crippen LogP contribution in [0.25, 0.3) is 0 Å². The minimum absolute atomic E-state index is 0.623. The van der Waals surface area contributed by atoms with Crippen LogP contribution in [0.1, 0.15) is 30.0 Å². The first-order valence-corrected chi connectivity index (χ1v) is 8.15. The fourth-order valence-electron chi connectivity index (χ4n) is 3.38. The van der Waals surface area contributed by atoms with Crippen LogP contribution in [-0.2, 0) is 19.5 Å². The monoisotopic (exact) mass is 289 g/mol. The lowest BCUT2D eigenvalue weighted by Gasteiger charge is -2.30. The highest BCUT2D eigenvalue weighted by atomic mass is 16.5. The maximum absolute atomic E-state index is 5.64. The average Bonchev–Trinajstić information content (AvgIpc) is 2.54. The third kappa shape index (κ3) is 3.39. The van der Waals surface area contributed by atoms with Crippen molar-refractivity contribution in [2.75, 3.05) is 33.3 Å². The first kappa shape index (κ1) is 14.8. The Balaban J connectivity index is 1.81. The molecule has 1 fully saturated rings. The van der Waals surface area contributed by atoms with Gasteiger partial charge in [0.25, 0.3) is 0 Å². The van der Waals surface area contributed by atoms with Gasteiger partial charge < -0.3 is 15.4 Å². The number of rotatable bonds is 4. The van der Waals surface area contributed by atoms with Crippen LogP contribution < -0.4 is 15.4 Å². The lowest BCUT2D eigenvalue weighted by molar-refractivity contribution is 0.230. The largest absolute Gasteiger partial charge is 0.496 e. The van der Waals surface area contributed by atoms with Crippen molar-refractivity contribution < 1.29 is 4.74 Å². The smallest absolute Gasteiger partial charge is 0.123 e. The van der Waals surface area contributed by atoms with Crippen molar-refractivity contribution in [1.29, 1.82) is 0 Å². The van der Waals surface area contributed by atoms with Crippen molar-refractivity contribution in [2.24, 2.45) is 0 Å². The summed E-state index contributed by atoms with van der Waals surface area (Å²) in [7, 11) is 1.79. The molecule has 0 saturated carbocycles. The lowest BCUT2D eigenvalue weighted by atomic mass is 9.92. The normalized spacial score (nSPS) is 22.9. The summed E-state index contributed by atoms with van der Waals surface area (Å²) in [6, 6.07) is 5.25. The van der Waals surface area contributed by atoms with Crippen LogP contribution in [-0.4, -0.2) is 44.2 Å². The van der Waals surface area contributed by atoms with E-state index in [1.54, 1.807) is 7.11 Å². The number of hydrogen-bond acceptors (Lipinski definition) is 4. The number of benzene rings is 1. The molecule has 0 radical (unpaired) electrons. The van der Waals surface area contributed by atoms with Gasteiger partial charge in [0.1, 0.15) is 5.75 Å². The van der Waals surface area contributed by atoms with Gasteiger partial charge in [0.2, 0.25) is 0 Å². The molecule has 21 heavy (non-hydrogen) atoms. The summed E-state index contributed by atoms with van der Waals surface area (Å²) in [5, 5.41) is 7.01. The SMILES string of the molecule is CCC1Cc2cc(CN3CCNCC3)c(OC)cc2CN1. The van der Waals surface area contributed by atoms with Gasteiger partial charge in [0, 0.05) is 50.9 Å². The lowest BCUT2D eigenvalue weighted by Crippen LogP contribution is -2.43. The topological polar surface area (TPSA) is 36.5 Å². The fourth-order valence-corrected chi connectivity index (χ4v) is 3.38. The molecule has 0 aromatic heterocycles. The molecule has 1 aromatic carbocycles. The number of nitrogens with one attached hydrogen (secondary N) is 2. The van der Waals surface area contributed by atoms with E-state index in [4.69, 9.17) is 4.74 Å². The highest BCUT2D eigenvalue weighted by Gasteiger charge is 2.20. The molecule has 4 nitrogen and oxygen atoms in total. The molecule has 2 aliphatic heterocycles. The van der Waals surface area contributed by atoms with Gasteiger partial charge in [-0.15, -0.1) is 0 Å². The molecule has 1 aromatic rings. The molecule has 116 valence electrons. The highest BCUT2D eigenvalue weighted by molar-refractivity contribution is 5.44.